The van der Waals surface area contributed by atoms with E-state index in [-0.39, 0.29) is 84.3 Å². The number of nitrogens with zero attached hydrogens (tertiary/aromatic N) is 1. The minimum atomic E-state index is 0. The van der Waals surface area contributed by atoms with Gasteiger partial charge < -0.3 is 66.6 Å². The summed E-state index contributed by atoms with van der Waals surface area (Å²) in [6.45, 7) is 4.75. The largest absolute Gasteiger partial charge is 1.00 e. The van der Waals surface area contributed by atoms with E-state index in [1.165, 1.54) is 0 Å². The van der Waals surface area contributed by atoms with E-state index < -0.39 is 0 Å². The van der Waals surface area contributed by atoms with Gasteiger partial charge in [0.1, 0.15) is 0 Å². The minimum Gasteiger partial charge on any atom is -0.512 e. The summed E-state index contributed by atoms with van der Waals surface area (Å²) in [5.41, 5.74) is 0. The van der Waals surface area contributed by atoms with Crippen LogP contribution in [0.15, 0.2) is 0 Å². The van der Waals surface area contributed by atoms with Crippen LogP contribution in [0.4, 0.5) is 0 Å². The van der Waals surface area contributed by atoms with Crippen molar-refractivity contribution in [1.82, 2.24) is 0 Å². The molecule has 13 heavy (non-hydrogen) atoms. The molecule has 0 aromatic rings. The van der Waals surface area contributed by atoms with Gasteiger partial charge in [-0.05, 0) is 0 Å². The molecule has 0 aromatic heterocycles. The smallest absolute Gasteiger partial charge is 0.512 e. The summed E-state index contributed by atoms with van der Waals surface area (Å²) >= 11 is 0. The quantitative estimate of drug-likeness (QED) is 0.283. The zero-order chi connectivity index (χ0) is 2.00. The second kappa shape index (κ2) is 184000. The SMILES string of the molecule is O.O.O.O.O.O.O.O.O.O.[C-]#N.[Na+]. The van der Waals surface area contributed by atoms with Crippen LogP contribution in [0.1, 0.15) is 0 Å². The van der Waals surface area contributed by atoms with E-state index in [2.05, 4.69) is 0 Å². The van der Waals surface area contributed by atoms with E-state index in [9.17, 15) is 0 Å². The van der Waals surface area contributed by atoms with Gasteiger partial charge in [-0.1, -0.05) is 0 Å². The van der Waals surface area contributed by atoms with Gasteiger partial charge in [-0.2, -0.15) is 0 Å². The Bertz CT molecular complexity index is 19.6. The normalized spacial score (nSPS) is 0.154. The Labute approximate surface area is 96.4 Å². The van der Waals surface area contributed by atoms with Gasteiger partial charge in [-0.25, -0.2) is 0 Å². The summed E-state index contributed by atoms with van der Waals surface area (Å²) in [5.74, 6) is 0. The Morgan fingerprint density at radius 3 is 0.385 bits per heavy atom. The summed E-state index contributed by atoms with van der Waals surface area (Å²) in [6, 6.07) is 0. The molecule has 90 valence electrons. The van der Waals surface area contributed by atoms with Crippen LogP contribution in [0.3, 0.4) is 0 Å². The molecule has 0 aliphatic carbocycles. The van der Waals surface area contributed by atoms with Crippen LogP contribution in [-0.2, 0) is 0 Å². The second-order valence-electron chi connectivity index (χ2n) is 0. The molecule has 0 spiro atoms. The number of hydrogen-bond acceptors (Lipinski definition) is 1. The van der Waals surface area contributed by atoms with Crippen LogP contribution >= 0.6 is 0 Å². The third-order valence-corrected chi connectivity index (χ3v) is 0. The summed E-state index contributed by atoms with van der Waals surface area (Å²) in [7, 11) is 0. The van der Waals surface area contributed by atoms with Crippen molar-refractivity contribution in [1.29, 1.82) is 5.26 Å². The monoisotopic (exact) mass is 229 g/mol. The van der Waals surface area contributed by atoms with Crippen LogP contribution < -0.4 is 29.6 Å². The van der Waals surface area contributed by atoms with Crippen LogP contribution in [0.5, 0.6) is 0 Å². The fourth-order valence-corrected chi connectivity index (χ4v) is 0. The Hall–Kier alpha value is 0.0900. The van der Waals surface area contributed by atoms with Crippen molar-refractivity contribution in [2.24, 2.45) is 0 Å². The van der Waals surface area contributed by atoms with Crippen molar-refractivity contribution in [2.75, 3.05) is 0 Å². The molecular weight excluding hydrogens is 209 g/mol. The third kappa shape index (κ3) is 152000. The molecular formula is CH20NNaO10. The molecule has 0 saturated heterocycles. The molecule has 0 unspecified atom stereocenters. The summed E-state index contributed by atoms with van der Waals surface area (Å²) < 4.78 is 0. The molecule has 0 saturated carbocycles. The molecule has 20 N–H and O–H groups in total. The Morgan fingerprint density at radius 1 is 0.385 bits per heavy atom. The van der Waals surface area contributed by atoms with Crippen molar-refractivity contribution in [3.8, 4) is 0 Å². The zero-order valence-electron chi connectivity index (χ0n) is 6.95. The third-order valence-electron chi connectivity index (χ3n) is 0. The minimum absolute atomic E-state index is 0. The topological polar surface area (TPSA) is 339 Å². The fourth-order valence-electron chi connectivity index (χ4n) is 0. The number of rotatable bonds is 0. The summed E-state index contributed by atoms with van der Waals surface area (Å²) in [5, 5.41) is 6.25. The average molecular weight is 229 g/mol. The first kappa shape index (κ1) is 1610. The van der Waals surface area contributed by atoms with Gasteiger partial charge in [-0.15, -0.1) is 0 Å². The molecule has 0 rings (SSSR count). The standard InChI is InChI=1S/CN.Na.10H2O/c1-2;;;;;;;;;;;/h;;10*1H2/q-1;+1;;;;;;;;;;. The van der Waals surface area contributed by atoms with Crippen molar-refractivity contribution >= 4 is 0 Å². The first-order valence-electron chi connectivity index (χ1n) is 0.224. The van der Waals surface area contributed by atoms with Crippen LogP contribution in [0.25, 0.3) is 0 Å². The van der Waals surface area contributed by atoms with Crippen LogP contribution in [0.2, 0.25) is 0 Å². The molecule has 0 aromatic carbocycles. The van der Waals surface area contributed by atoms with E-state index in [1.807, 2.05) is 0 Å². The number of hydrogen-bond donors (Lipinski definition) is 0. The Balaban J connectivity index is -0.0000000000909. The molecule has 0 aliphatic heterocycles. The van der Waals surface area contributed by atoms with E-state index in [0.29, 0.717) is 0 Å². The van der Waals surface area contributed by atoms with Crippen molar-refractivity contribution in [2.45, 2.75) is 0 Å². The molecule has 0 bridgehead atoms. The van der Waals surface area contributed by atoms with Gasteiger partial charge in [-0.3, -0.25) is 0 Å². The Kier molecular flexibility index (Phi) is 22700000. The van der Waals surface area contributed by atoms with Gasteiger partial charge in [0, 0.05) is 0 Å². The van der Waals surface area contributed by atoms with Crippen LogP contribution in [-0.4, -0.2) is 54.8 Å². The summed E-state index contributed by atoms with van der Waals surface area (Å²) in [4.78, 5) is 0. The molecule has 0 radical (unpaired) electrons. The second-order valence-corrected chi connectivity index (χ2v) is 0. The predicted octanol–water partition coefficient (Wildman–Crippen LogP) is -11.1. The predicted molar refractivity (Wildman–Crippen MR) is 41.1 cm³/mol. The molecule has 12 heteroatoms. The van der Waals surface area contributed by atoms with Gasteiger partial charge >= 0.3 is 29.6 Å². The van der Waals surface area contributed by atoms with E-state index in [1.54, 1.807) is 0 Å². The summed E-state index contributed by atoms with van der Waals surface area (Å²) in [6.07, 6.45) is 0. The van der Waals surface area contributed by atoms with Crippen molar-refractivity contribution in [3.05, 3.63) is 6.57 Å². The maximum atomic E-state index is 6.25. The maximum Gasteiger partial charge on any atom is 1.00 e. The molecule has 0 heterocycles. The van der Waals surface area contributed by atoms with Crippen LogP contribution in [0, 0.1) is 11.8 Å². The maximum absolute atomic E-state index is 6.25. The van der Waals surface area contributed by atoms with Gasteiger partial charge in [0.2, 0.25) is 0 Å². The zero-order valence-corrected chi connectivity index (χ0v) is 8.95. The first-order chi connectivity index (χ1) is 1.00. The Morgan fingerprint density at radius 2 is 0.385 bits per heavy atom. The average Bonchev–Trinajstić information content (AvgIpc) is 1.00. The molecule has 0 amide bonds. The van der Waals surface area contributed by atoms with Gasteiger partial charge in [0.05, 0.1) is 0 Å². The van der Waals surface area contributed by atoms with E-state index in [4.69, 9.17) is 11.8 Å². The fraction of sp³-hybridized carbons (Fsp3) is 0. The molecule has 11 nitrogen and oxygen atoms in total. The molecule has 0 fully saturated rings. The van der Waals surface area contributed by atoms with Gasteiger partial charge in [0.15, 0.2) is 0 Å². The van der Waals surface area contributed by atoms with Gasteiger partial charge in [0.25, 0.3) is 0 Å². The van der Waals surface area contributed by atoms with E-state index in [0.717, 1.165) is 0 Å². The molecule has 0 atom stereocenters. The van der Waals surface area contributed by atoms with E-state index >= 15 is 0 Å². The van der Waals surface area contributed by atoms with Crippen molar-refractivity contribution in [3.63, 3.8) is 0 Å². The first-order valence-corrected chi connectivity index (χ1v) is 0.224. The molecule has 0 aliphatic rings. The van der Waals surface area contributed by atoms with Crippen molar-refractivity contribution < 1.29 is 84.3 Å².